The van der Waals surface area contributed by atoms with Crippen LogP contribution in [0.15, 0.2) is 0 Å². The molecule has 2 aliphatic rings. The molecule has 15 heavy (non-hydrogen) atoms. The fourth-order valence-electron chi connectivity index (χ4n) is 3.09. The van der Waals surface area contributed by atoms with Crippen LogP contribution in [-0.2, 0) is 4.79 Å². The van der Waals surface area contributed by atoms with Crippen molar-refractivity contribution in [3.8, 4) is 0 Å². The first-order valence-corrected chi connectivity index (χ1v) is 6.25. The molecule has 1 saturated heterocycles. The molecule has 2 rings (SSSR count). The molecule has 0 aromatic rings. The number of nitrogens with two attached hydrogens (primary N) is 1. The number of carbonyl (C=O) groups is 1. The summed E-state index contributed by atoms with van der Waals surface area (Å²) in [6.07, 6.45) is 5.33. The highest BCUT2D eigenvalue weighted by Gasteiger charge is 2.39. The number of likely N-dealkylation sites (tertiary alicyclic amines) is 1. The smallest absolute Gasteiger partial charge is 0.222 e. The lowest BCUT2D eigenvalue weighted by molar-refractivity contribution is -0.130. The second-order valence-corrected chi connectivity index (χ2v) is 5.07. The first kappa shape index (κ1) is 10.9. The molecule has 0 bridgehead atoms. The minimum Gasteiger partial charge on any atom is -0.342 e. The van der Waals surface area contributed by atoms with Gasteiger partial charge < -0.3 is 10.6 Å². The molecule has 0 radical (unpaired) electrons. The van der Waals surface area contributed by atoms with Crippen molar-refractivity contribution in [3.63, 3.8) is 0 Å². The van der Waals surface area contributed by atoms with E-state index in [0.717, 1.165) is 25.9 Å². The largest absolute Gasteiger partial charge is 0.342 e. The lowest BCUT2D eigenvalue weighted by Gasteiger charge is -2.29. The Morgan fingerprint density at radius 1 is 1.40 bits per heavy atom. The predicted octanol–water partition coefficient (Wildman–Crippen LogP) is 1.37. The second-order valence-electron chi connectivity index (χ2n) is 5.07. The molecule has 1 aliphatic heterocycles. The van der Waals surface area contributed by atoms with E-state index in [9.17, 15) is 4.79 Å². The van der Waals surface area contributed by atoms with Crippen molar-refractivity contribution in [2.24, 2.45) is 17.6 Å². The Balaban J connectivity index is 1.94. The predicted molar refractivity (Wildman–Crippen MR) is 60.3 cm³/mol. The quantitative estimate of drug-likeness (QED) is 0.748. The zero-order chi connectivity index (χ0) is 10.8. The number of amides is 1. The Labute approximate surface area is 92.0 Å². The van der Waals surface area contributed by atoms with Crippen molar-refractivity contribution in [1.82, 2.24) is 4.90 Å². The lowest BCUT2D eigenvalue weighted by atomic mass is 9.78. The highest BCUT2D eigenvalue weighted by atomic mass is 16.2. The van der Waals surface area contributed by atoms with E-state index in [2.05, 4.69) is 6.92 Å². The third-order valence-corrected chi connectivity index (χ3v) is 3.97. The molecule has 3 heteroatoms. The van der Waals surface area contributed by atoms with E-state index < -0.39 is 0 Å². The van der Waals surface area contributed by atoms with Gasteiger partial charge in [0.1, 0.15) is 0 Å². The maximum atomic E-state index is 11.8. The normalized spacial score (nSPS) is 35.3. The SMILES string of the molecule is CCCC(=O)N1CC2CCCC(N)C2C1. The monoisotopic (exact) mass is 210 g/mol. The average Bonchev–Trinajstić information content (AvgIpc) is 2.63. The van der Waals surface area contributed by atoms with Crippen LogP contribution in [-0.4, -0.2) is 29.9 Å². The van der Waals surface area contributed by atoms with E-state index in [0.29, 0.717) is 30.2 Å². The van der Waals surface area contributed by atoms with E-state index in [1.807, 2.05) is 4.90 Å². The minimum absolute atomic E-state index is 0.332. The Kier molecular flexibility index (Phi) is 3.29. The second kappa shape index (κ2) is 4.52. The van der Waals surface area contributed by atoms with Gasteiger partial charge in [0.2, 0.25) is 5.91 Å². The van der Waals surface area contributed by atoms with Crippen molar-refractivity contribution in [3.05, 3.63) is 0 Å². The number of carbonyl (C=O) groups excluding carboxylic acids is 1. The summed E-state index contributed by atoms with van der Waals surface area (Å²) in [7, 11) is 0. The molecule has 1 aliphatic carbocycles. The number of nitrogens with zero attached hydrogens (tertiary/aromatic N) is 1. The summed E-state index contributed by atoms with van der Waals surface area (Å²) >= 11 is 0. The minimum atomic E-state index is 0.332. The number of hydrogen-bond donors (Lipinski definition) is 1. The molecule has 2 fully saturated rings. The van der Waals surface area contributed by atoms with Gasteiger partial charge in [0, 0.05) is 25.6 Å². The molecular weight excluding hydrogens is 188 g/mol. The Morgan fingerprint density at radius 2 is 2.20 bits per heavy atom. The van der Waals surface area contributed by atoms with Gasteiger partial charge in [0.05, 0.1) is 0 Å². The van der Waals surface area contributed by atoms with Crippen LogP contribution in [0.2, 0.25) is 0 Å². The standard InChI is InChI=1S/C12H22N2O/c1-2-4-12(15)14-7-9-5-3-6-11(13)10(9)8-14/h9-11H,2-8,13H2,1H3. The summed E-state index contributed by atoms with van der Waals surface area (Å²) in [6, 6.07) is 0.336. The van der Waals surface area contributed by atoms with Crippen molar-refractivity contribution < 1.29 is 4.79 Å². The molecule has 3 unspecified atom stereocenters. The van der Waals surface area contributed by atoms with Crippen LogP contribution in [0.3, 0.4) is 0 Å². The highest BCUT2D eigenvalue weighted by Crippen LogP contribution is 2.35. The topological polar surface area (TPSA) is 46.3 Å². The zero-order valence-corrected chi connectivity index (χ0v) is 9.61. The van der Waals surface area contributed by atoms with Crippen LogP contribution in [0.25, 0.3) is 0 Å². The lowest BCUT2D eigenvalue weighted by Crippen LogP contribution is -2.38. The van der Waals surface area contributed by atoms with Crippen LogP contribution < -0.4 is 5.73 Å². The van der Waals surface area contributed by atoms with Gasteiger partial charge in [-0.2, -0.15) is 0 Å². The van der Waals surface area contributed by atoms with Crippen molar-refractivity contribution >= 4 is 5.91 Å². The van der Waals surface area contributed by atoms with Crippen LogP contribution in [0.5, 0.6) is 0 Å². The molecule has 0 spiro atoms. The van der Waals surface area contributed by atoms with Crippen molar-refractivity contribution in [1.29, 1.82) is 0 Å². The summed E-state index contributed by atoms with van der Waals surface area (Å²) < 4.78 is 0. The molecule has 0 aromatic carbocycles. The van der Waals surface area contributed by atoms with Crippen LogP contribution in [0.4, 0.5) is 0 Å². The highest BCUT2D eigenvalue weighted by molar-refractivity contribution is 5.76. The summed E-state index contributed by atoms with van der Waals surface area (Å²) in [5, 5.41) is 0. The molecule has 1 heterocycles. The van der Waals surface area contributed by atoms with Crippen LogP contribution in [0.1, 0.15) is 39.0 Å². The molecule has 3 nitrogen and oxygen atoms in total. The van der Waals surface area contributed by atoms with Gasteiger partial charge in [-0.05, 0) is 31.1 Å². The van der Waals surface area contributed by atoms with E-state index >= 15 is 0 Å². The molecular formula is C12H22N2O. The Bertz CT molecular complexity index is 242. The molecule has 1 amide bonds. The van der Waals surface area contributed by atoms with Gasteiger partial charge in [-0.3, -0.25) is 4.79 Å². The molecule has 1 saturated carbocycles. The summed E-state index contributed by atoms with van der Waals surface area (Å²) in [5.41, 5.74) is 6.12. The maximum Gasteiger partial charge on any atom is 0.222 e. The van der Waals surface area contributed by atoms with E-state index in [1.165, 1.54) is 12.8 Å². The summed E-state index contributed by atoms with van der Waals surface area (Å²) in [4.78, 5) is 13.8. The van der Waals surface area contributed by atoms with Crippen LogP contribution >= 0.6 is 0 Å². The van der Waals surface area contributed by atoms with E-state index in [-0.39, 0.29) is 0 Å². The summed E-state index contributed by atoms with van der Waals surface area (Å²) in [6.45, 7) is 3.95. The average molecular weight is 210 g/mol. The molecule has 86 valence electrons. The Hall–Kier alpha value is -0.570. The number of fused-ring (bicyclic) bond motifs is 1. The van der Waals surface area contributed by atoms with Gasteiger partial charge in [-0.25, -0.2) is 0 Å². The van der Waals surface area contributed by atoms with Gasteiger partial charge in [-0.15, -0.1) is 0 Å². The maximum absolute atomic E-state index is 11.8. The fourth-order valence-corrected chi connectivity index (χ4v) is 3.09. The third kappa shape index (κ3) is 2.17. The fraction of sp³-hybridized carbons (Fsp3) is 0.917. The first-order valence-electron chi connectivity index (χ1n) is 6.25. The first-order chi connectivity index (χ1) is 7.22. The van der Waals surface area contributed by atoms with Gasteiger partial charge in [-0.1, -0.05) is 13.3 Å². The van der Waals surface area contributed by atoms with Gasteiger partial charge in [0.25, 0.3) is 0 Å². The molecule has 0 aromatic heterocycles. The van der Waals surface area contributed by atoms with Crippen molar-refractivity contribution in [2.75, 3.05) is 13.1 Å². The Morgan fingerprint density at radius 3 is 2.87 bits per heavy atom. The van der Waals surface area contributed by atoms with E-state index in [4.69, 9.17) is 5.73 Å². The number of hydrogen-bond acceptors (Lipinski definition) is 2. The zero-order valence-electron chi connectivity index (χ0n) is 9.61. The van der Waals surface area contributed by atoms with Crippen molar-refractivity contribution in [2.45, 2.75) is 45.1 Å². The third-order valence-electron chi connectivity index (χ3n) is 3.97. The van der Waals surface area contributed by atoms with Gasteiger partial charge in [0.15, 0.2) is 0 Å². The summed E-state index contributed by atoms with van der Waals surface area (Å²) in [5.74, 6) is 1.60. The van der Waals surface area contributed by atoms with Crippen LogP contribution in [0, 0.1) is 11.8 Å². The molecule has 3 atom stereocenters. The molecule has 2 N–H and O–H groups in total. The number of rotatable bonds is 2. The van der Waals surface area contributed by atoms with Gasteiger partial charge >= 0.3 is 0 Å². The van der Waals surface area contributed by atoms with E-state index in [1.54, 1.807) is 0 Å².